The number of aliphatic hydroxyl groups is 1. The molecule has 0 amide bonds. The molecule has 0 spiro atoms. The number of rotatable bonds is 7. The lowest BCUT2D eigenvalue weighted by atomic mass is 10.1. The largest absolute Gasteiger partial charge is 0.550 e. The van der Waals surface area contributed by atoms with Gasteiger partial charge in [0.15, 0.2) is 0 Å². The van der Waals surface area contributed by atoms with E-state index in [1.54, 1.807) is 0 Å². The van der Waals surface area contributed by atoms with Crippen molar-refractivity contribution >= 4 is 21.9 Å². The zero-order chi connectivity index (χ0) is 9.40. The highest BCUT2D eigenvalue weighted by atomic mass is 79.9. The van der Waals surface area contributed by atoms with E-state index in [-0.39, 0.29) is 6.42 Å². The third-order valence-electron chi connectivity index (χ3n) is 1.57. The van der Waals surface area contributed by atoms with Gasteiger partial charge in [0.25, 0.3) is 0 Å². The summed E-state index contributed by atoms with van der Waals surface area (Å²) in [6.07, 6.45) is 2.55. The van der Waals surface area contributed by atoms with Gasteiger partial charge < -0.3 is 15.0 Å². The van der Waals surface area contributed by atoms with Crippen molar-refractivity contribution in [2.24, 2.45) is 0 Å². The Bertz CT molecular complexity index is 127. The molecule has 0 aromatic heterocycles. The molecule has 0 bridgehead atoms. The van der Waals surface area contributed by atoms with E-state index in [1.807, 2.05) is 0 Å². The van der Waals surface area contributed by atoms with Crippen molar-refractivity contribution in [1.29, 1.82) is 0 Å². The Morgan fingerprint density at radius 3 is 2.58 bits per heavy atom. The van der Waals surface area contributed by atoms with Crippen LogP contribution in [0.2, 0.25) is 0 Å². The third kappa shape index (κ3) is 8.01. The van der Waals surface area contributed by atoms with E-state index in [1.165, 1.54) is 0 Å². The van der Waals surface area contributed by atoms with Gasteiger partial charge in [-0.2, -0.15) is 0 Å². The fourth-order valence-electron chi connectivity index (χ4n) is 0.946. The van der Waals surface area contributed by atoms with Gasteiger partial charge in [0.2, 0.25) is 0 Å². The molecule has 0 fully saturated rings. The number of unbranched alkanes of at least 4 members (excludes halogenated alkanes) is 2. The molecular formula is C8H14BrO3-. The van der Waals surface area contributed by atoms with Gasteiger partial charge in [0, 0.05) is 17.7 Å². The number of hydrogen-bond donors (Lipinski definition) is 1. The van der Waals surface area contributed by atoms with Gasteiger partial charge in [-0.1, -0.05) is 28.8 Å². The van der Waals surface area contributed by atoms with Gasteiger partial charge in [0.1, 0.15) is 0 Å². The normalized spacial score (nSPS) is 12.8. The molecule has 0 radical (unpaired) electrons. The van der Waals surface area contributed by atoms with Gasteiger partial charge in [-0.05, 0) is 12.8 Å². The zero-order valence-corrected chi connectivity index (χ0v) is 8.55. The standard InChI is InChI=1S/C8H15BrO3/c9-5-3-1-2-4-7(10)6-8(11)12/h7,10H,1-6H2,(H,11,12)/p-1. The van der Waals surface area contributed by atoms with E-state index in [2.05, 4.69) is 15.9 Å². The maximum atomic E-state index is 10.0. The molecule has 1 atom stereocenters. The molecule has 0 aromatic rings. The van der Waals surface area contributed by atoms with Gasteiger partial charge in [-0.25, -0.2) is 0 Å². The molecule has 72 valence electrons. The molecule has 12 heavy (non-hydrogen) atoms. The predicted octanol–water partition coefficient (Wildman–Crippen LogP) is 0.443. The summed E-state index contributed by atoms with van der Waals surface area (Å²) in [5.74, 6) is -1.18. The molecular weight excluding hydrogens is 224 g/mol. The first-order chi connectivity index (χ1) is 5.66. The average Bonchev–Trinajstić information content (AvgIpc) is 1.97. The minimum absolute atomic E-state index is 0.242. The van der Waals surface area contributed by atoms with Crippen LogP contribution in [-0.2, 0) is 4.79 Å². The van der Waals surface area contributed by atoms with Gasteiger partial charge in [0.05, 0.1) is 6.10 Å². The number of carbonyl (C=O) groups is 1. The second kappa shape index (κ2) is 7.55. The van der Waals surface area contributed by atoms with Gasteiger partial charge >= 0.3 is 0 Å². The smallest absolute Gasteiger partial charge is 0.0592 e. The number of aliphatic hydroxyl groups excluding tert-OH is 1. The fourth-order valence-corrected chi connectivity index (χ4v) is 1.34. The molecule has 0 heterocycles. The first kappa shape index (κ1) is 11.9. The Morgan fingerprint density at radius 1 is 1.42 bits per heavy atom. The summed E-state index contributed by atoms with van der Waals surface area (Å²) in [4.78, 5) is 10.0. The Hall–Kier alpha value is -0.0900. The molecule has 0 saturated heterocycles. The van der Waals surface area contributed by atoms with E-state index in [0.29, 0.717) is 6.42 Å². The fraction of sp³-hybridized carbons (Fsp3) is 0.875. The van der Waals surface area contributed by atoms with Gasteiger partial charge in [-0.3, -0.25) is 0 Å². The molecule has 3 nitrogen and oxygen atoms in total. The van der Waals surface area contributed by atoms with Crippen LogP contribution in [0.5, 0.6) is 0 Å². The van der Waals surface area contributed by atoms with Crippen molar-refractivity contribution in [3.63, 3.8) is 0 Å². The Morgan fingerprint density at radius 2 is 2.08 bits per heavy atom. The van der Waals surface area contributed by atoms with Crippen molar-refractivity contribution in [2.75, 3.05) is 5.33 Å². The van der Waals surface area contributed by atoms with Crippen molar-refractivity contribution in [3.8, 4) is 0 Å². The molecule has 1 N–H and O–H groups in total. The minimum atomic E-state index is -1.18. The minimum Gasteiger partial charge on any atom is -0.550 e. The zero-order valence-electron chi connectivity index (χ0n) is 6.96. The Balaban J connectivity index is 3.19. The first-order valence-electron chi connectivity index (χ1n) is 4.10. The summed E-state index contributed by atoms with van der Waals surface area (Å²) in [7, 11) is 0. The van der Waals surface area contributed by atoms with E-state index < -0.39 is 12.1 Å². The number of hydrogen-bond acceptors (Lipinski definition) is 3. The summed E-state index contributed by atoms with van der Waals surface area (Å²) in [6, 6.07) is 0. The molecule has 0 aromatic carbocycles. The molecule has 1 unspecified atom stereocenters. The molecule has 0 aliphatic rings. The topological polar surface area (TPSA) is 60.4 Å². The lowest BCUT2D eigenvalue weighted by Crippen LogP contribution is -2.27. The lowest BCUT2D eigenvalue weighted by Gasteiger charge is -2.09. The quantitative estimate of drug-likeness (QED) is 0.517. The summed E-state index contributed by atoms with van der Waals surface area (Å²) < 4.78 is 0. The van der Waals surface area contributed by atoms with Crippen LogP contribution in [0.4, 0.5) is 0 Å². The monoisotopic (exact) mass is 237 g/mol. The summed E-state index contributed by atoms with van der Waals surface area (Å²) in [5, 5.41) is 20.1. The van der Waals surface area contributed by atoms with Crippen molar-refractivity contribution in [2.45, 2.75) is 38.2 Å². The van der Waals surface area contributed by atoms with Crippen LogP contribution in [0.15, 0.2) is 0 Å². The summed E-state index contributed by atoms with van der Waals surface area (Å²) >= 11 is 3.29. The maximum Gasteiger partial charge on any atom is 0.0592 e. The highest BCUT2D eigenvalue weighted by Crippen LogP contribution is 2.06. The number of alkyl halides is 1. The highest BCUT2D eigenvalue weighted by molar-refractivity contribution is 9.09. The van der Waals surface area contributed by atoms with Crippen LogP contribution in [0.3, 0.4) is 0 Å². The van der Waals surface area contributed by atoms with Crippen LogP contribution in [-0.4, -0.2) is 22.5 Å². The second-order valence-corrected chi connectivity index (χ2v) is 3.56. The summed E-state index contributed by atoms with van der Waals surface area (Å²) in [6.45, 7) is 0. The summed E-state index contributed by atoms with van der Waals surface area (Å²) in [5.41, 5.74) is 0. The molecule has 0 rings (SSSR count). The average molecular weight is 238 g/mol. The number of carboxylic acids is 1. The molecule has 4 heteroatoms. The Labute approximate surface area is 80.9 Å². The van der Waals surface area contributed by atoms with E-state index >= 15 is 0 Å². The van der Waals surface area contributed by atoms with Crippen LogP contribution < -0.4 is 5.11 Å². The van der Waals surface area contributed by atoms with Crippen LogP contribution in [0.25, 0.3) is 0 Å². The van der Waals surface area contributed by atoms with Crippen molar-refractivity contribution < 1.29 is 15.0 Å². The SMILES string of the molecule is O=C([O-])CC(O)CCCCCBr. The van der Waals surface area contributed by atoms with Gasteiger partial charge in [-0.15, -0.1) is 0 Å². The maximum absolute atomic E-state index is 10.0. The number of carbonyl (C=O) groups excluding carboxylic acids is 1. The molecule has 0 aliphatic carbocycles. The van der Waals surface area contributed by atoms with Crippen LogP contribution in [0, 0.1) is 0 Å². The highest BCUT2D eigenvalue weighted by Gasteiger charge is 2.03. The first-order valence-corrected chi connectivity index (χ1v) is 5.23. The molecule has 0 saturated carbocycles. The van der Waals surface area contributed by atoms with E-state index in [9.17, 15) is 9.90 Å². The number of carboxylic acid groups (broad SMARTS) is 1. The van der Waals surface area contributed by atoms with Crippen molar-refractivity contribution in [3.05, 3.63) is 0 Å². The van der Waals surface area contributed by atoms with Crippen LogP contribution >= 0.6 is 15.9 Å². The second-order valence-electron chi connectivity index (χ2n) is 2.77. The Kier molecular flexibility index (Phi) is 7.50. The predicted molar refractivity (Wildman–Crippen MR) is 47.9 cm³/mol. The molecule has 0 aliphatic heterocycles. The number of halogens is 1. The van der Waals surface area contributed by atoms with Crippen molar-refractivity contribution in [1.82, 2.24) is 0 Å². The third-order valence-corrected chi connectivity index (χ3v) is 2.13. The number of aliphatic carboxylic acids is 1. The lowest BCUT2D eigenvalue weighted by molar-refractivity contribution is -0.307. The van der Waals surface area contributed by atoms with E-state index in [0.717, 1.165) is 24.6 Å². The van der Waals surface area contributed by atoms with Crippen LogP contribution in [0.1, 0.15) is 32.1 Å². The van der Waals surface area contributed by atoms with E-state index in [4.69, 9.17) is 5.11 Å².